The van der Waals surface area contributed by atoms with Gasteiger partial charge in [-0.15, -0.1) is 0 Å². The number of aryl methyl sites for hydroxylation is 1. The van der Waals surface area contributed by atoms with Crippen LogP contribution in [0.1, 0.15) is 16.7 Å². The van der Waals surface area contributed by atoms with Crippen LogP contribution in [0, 0.1) is 6.92 Å². The number of aliphatic imine (C=N–C) groups is 2. The van der Waals surface area contributed by atoms with E-state index in [-0.39, 0.29) is 5.75 Å². The molecule has 5 nitrogen and oxygen atoms in total. The van der Waals surface area contributed by atoms with Gasteiger partial charge in [0.25, 0.3) is 0 Å². The first-order valence-electron chi connectivity index (χ1n) is 8.80. The summed E-state index contributed by atoms with van der Waals surface area (Å²) in [4.78, 5) is 8.92. The normalized spacial score (nSPS) is 11.2. The molecular weight excluding hydrogens is 352 g/mol. The van der Waals surface area contributed by atoms with E-state index in [1.165, 1.54) is 0 Å². The molecule has 0 aromatic heterocycles. The Kier molecular flexibility index (Phi) is 6.07. The summed E-state index contributed by atoms with van der Waals surface area (Å²) < 4.78 is 10.6. The van der Waals surface area contributed by atoms with Crippen LogP contribution in [0.25, 0.3) is 0 Å². The van der Waals surface area contributed by atoms with E-state index in [0.717, 1.165) is 5.56 Å². The highest BCUT2D eigenvalue weighted by Crippen LogP contribution is 2.29. The lowest BCUT2D eigenvalue weighted by atomic mass is 10.1. The molecule has 0 unspecified atom stereocenters. The molecule has 0 aliphatic heterocycles. The molecule has 3 aromatic carbocycles. The predicted molar refractivity (Wildman–Crippen MR) is 113 cm³/mol. The highest BCUT2D eigenvalue weighted by molar-refractivity contribution is 5.94. The second-order valence-corrected chi connectivity index (χ2v) is 6.15. The first-order valence-corrected chi connectivity index (χ1v) is 8.80. The molecule has 5 heteroatoms. The molecular formula is C23H22N2O3. The summed E-state index contributed by atoms with van der Waals surface area (Å²) in [5.41, 5.74) is 3.57. The number of rotatable bonds is 6. The zero-order valence-corrected chi connectivity index (χ0v) is 16.1. The van der Waals surface area contributed by atoms with Crippen molar-refractivity contribution in [3.8, 4) is 17.2 Å². The summed E-state index contributed by atoms with van der Waals surface area (Å²) in [6.45, 7) is 1.96. The van der Waals surface area contributed by atoms with Crippen molar-refractivity contribution >= 4 is 23.8 Å². The van der Waals surface area contributed by atoms with E-state index in [1.54, 1.807) is 26.6 Å². The van der Waals surface area contributed by atoms with Crippen molar-refractivity contribution in [2.75, 3.05) is 14.2 Å². The highest BCUT2D eigenvalue weighted by atomic mass is 16.5. The second kappa shape index (κ2) is 8.86. The SMILES string of the molecule is COc1ccccc1N=Cc1cc(C)cc(C=Nc2ccccc2OC)c1O. The number of nitrogens with zero attached hydrogens (tertiary/aromatic N) is 2. The molecule has 0 spiro atoms. The number of ether oxygens (including phenoxy) is 2. The summed E-state index contributed by atoms with van der Waals surface area (Å²) in [6, 6.07) is 18.7. The minimum atomic E-state index is 0.114. The van der Waals surface area contributed by atoms with E-state index in [2.05, 4.69) is 9.98 Å². The highest BCUT2D eigenvalue weighted by Gasteiger charge is 2.07. The van der Waals surface area contributed by atoms with Gasteiger partial charge in [0.2, 0.25) is 0 Å². The number of phenols is 1. The summed E-state index contributed by atoms with van der Waals surface area (Å²) in [6.07, 6.45) is 3.25. The van der Waals surface area contributed by atoms with Crippen LogP contribution in [-0.4, -0.2) is 31.8 Å². The molecule has 0 fully saturated rings. The fraction of sp³-hybridized carbons (Fsp3) is 0.130. The molecule has 28 heavy (non-hydrogen) atoms. The first-order chi connectivity index (χ1) is 13.6. The number of aromatic hydroxyl groups is 1. The van der Waals surface area contributed by atoms with Crippen LogP contribution in [0.4, 0.5) is 11.4 Å². The second-order valence-electron chi connectivity index (χ2n) is 6.15. The van der Waals surface area contributed by atoms with Gasteiger partial charge in [-0.05, 0) is 48.9 Å². The van der Waals surface area contributed by atoms with Crippen LogP contribution in [0.15, 0.2) is 70.6 Å². The van der Waals surface area contributed by atoms with Crippen LogP contribution in [0.3, 0.4) is 0 Å². The number of methoxy groups -OCH3 is 2. The molecule has 0 amide bonds. The van der Waals surface area contributed by atoms with Crippen LogP contribution in [0.2, 0.25) is 0 Å². The third-order valence-electron chi connectivity index (χ3n) is 4.17. The van der Waals surface area contributed by atoms with Crippen LogP contribution < -0.4 is 9.47 Å². The summed E-state index contributed by atoms with van der Waals surface area (Å²) in [7, 11) is 3.20. The van der Waals surface area contributed by atoms with Gasteiger partial charge < -0.3 is 14.6 Å². The predicted octanol–water partition coefficient (Wildman–Crippen LogP) is 5.22. The van der Waals surface area contributed by atoms with Gasteiger partial charge in [-0.25, -0.2) is 0 Å². The van der Waals surface area contributed by atoms with Crippen molar-refractivity contribution in [3.05, 3.63) is 77.4 Å². The summed E-state index contributed by atoms with van der Waals surface area (Å²) in [5, 5.41) is 10.7. The van der Waals surface area contributed by atoms with E-state index in [1.807, 2.05) is 67.6 Å². The lowest BCUT2D eigenvalue weighted by molar-refractivity contribution is 0.416. The van der Waals surface area contributed by atoms with Crippen molar-refractivity contribution < 1.29 is 14.6 Å². The molecule has 0 bridgehead atoms. The molecule has 0 saturated heterocycles. The smallest absolute Gasteiger partial charge is 0.144 e. The Morgan fingerprint density at radius 1 is 0.750 bits per heavy atom. The van der Waals surface area contributed by atoms with Gasteiger partial charge in [0.1, 0.15) is 28.6 Å². The maximum absolute atomic E-state index is 10.7. The molecule has 0 aliphatic rings. The minimum absolute atomic E-state index is 0.114. The third-order valence-corrected chi connectivity index (χ3v) is 4.17. The van der Waals surface area contributed by atoms with E-state index in [0.29, 0.717) is 34.0 Å². The van der Waals surface area contributed by atoms with Gasteiger partial charge in [-0.2, -0.15) is 0 Å². The lowest BCUT2D eigenvalue weighted by Gasteiger charge is -2.07. The standard InChI is InChI=1S/C23H22N2O3/c1-16-12-17(14-24-19-8-4-6-10-21(19)27-2)23(26)18(13-16)15-25-20-9-5-7-11-22(20)28-3/h4-15,26H,1-3H3. The first kappa shape index (κ1) is 19.2. The van der Waals surface area contributed by atoms with Crippen molar-refractivity contribution in [1.82, 2.24) is 0 Å². The molecule has 0 atom stereocenters. The largest absolute Gasteiger partial charge is 0.507 e. The summed E-state index contributed by atoms with van der Waals surface area (Å²) in [5.74, 6) is 1.45. The summed E-state index contributed by atoms with van der Waals surface area (Å²) >= 11 is 0. The Balaban J connectivity index is 1.94. The molecule has 0 radical (unpaired) electrons. The molecule has 0 saturated carbocycles. The maximum atomic E-state index is 10.7. The zero-order valence-electron chi connectivity index (χ0n) is 16.1. The van der Waals surface area contributed by atoms with Crippen LogP contribution >= 0.6 is 0 Å². The minimum Gasteiger partial charge on any atom is -0.507 e. The Morgan fingerprint density at radius 3 is 1.61 bits per heavy atom. The van der Waals surface area contributed by atoms with Gasteiger partial charge >= 0.3 is 0 Å². The molecule has 0 aliphatic carbocycles. The van der Waals surface area contributed by atoms with Crippen molar-refractivity contribution in [3.63, 3.8) is 0 Å². The van der Waals surface area contributed by atoms with Gasteiger partial charge in [0.15, 0.2) is 0 Å². The fourth-order valence-electron chi connectivity index (χ4n) is 2.78. The van der Waals surface area contributed by atoms with Crippen molar-refractivity contribution in [1.29, 1.82) is 0 Å². The van der Waals surface area contributed by atoms with Gasteiger partial charge in [0.05, 0.1) is 14.2 Å². The molecule has 142 valence electrons. The van der Waals surface area contributed by atoms with Crippen molar-refractivity contribution in [2.24, 2.45) is 9.98 Å². The Hall–Kier alpha value is -3.60. The number of phenolic OH excluding ortho intramolecular Hbond substituents is 1. The van der Waals surface area contributed by atoms with Gasteiger partial charge in [-0.3, -0.25) is 9.98 Å². The van der Waals surface area contributed by atoms with E-state index < -0.39 is 0 Å². The zero-order chi connectivity index (χ0) is 19.9. The third kappa shape index (κ3) is 4.38. The Morgan fingerprint density at radius 2 is 1.18 bits per heavy atom. The van der Waals surface area contributed by atoms with Crippen LogP contribution in [-0.2, 0) is 0 Å². The number of hydrogen-bond donors (Lipinski definition) is 1. The topological polar surface area (TPSA) is 63.4 Å². The fourth-order valence-corrected chi connectivity index (χ4v) is 2.78. The average Bonchev–Trinajstić information content (AvgIpc) is 2.73. The van der Waals surface area contributed by atoms with E-state index in [4.69, 9.17) is 9.47 Å². The molecule has 3 rings (SSSR count). The van der Waals surface area contributed by atoms with Crippen LogP contribution in [0.5, 0.6) is 17.2 Å². The number of benzene rings is 3. The number of hydrogen-bond acceptors (Lipinski definition) is 5. The average molecular weight is 374 g/mol. The molecule has 0 heterocycles. The van der Waals surface area contributed by atoms with Gasteiger partial charge in [-0.1, -0.05) is 24.3 Å². The molecule has 1 N–H and O–H groups in total. The maximum Gasteiger partial charge on any atom is 0.144 e. The Labute approximate surface area is 164 Å². The van der Waals surface area contributed by atoms with Crippen molar-refractivity contribution in [2.45, 2.75) is 6.92 Å². The van der Waals surface area contributed by atoms with E-state index in [9.17, 15) is 5.11 Å². The monoisotopic (exact) mass is 374 g/mol. The quantitative estimate of drug-likeness (QED) is 0.602. The van der Waals surface area contributed by atoms with E-state index >= 15 is 0 Å². The lowest BCUT2D eigenvalue weighted by Crippen LogP contribution is -1.92. The number of para-hydroxylation sites is 4. The van der Waals surface area contributed by atoms with Gasteiger partial charge in [0, 0.05) is 23.6 Å². The molecule has 3 aromatic rings. The Bertz CT molecular complexity index is 947.